The van der Waals surface area contributed by atoms with Gasteiger partial charge in [0.15, 0.2) is 15.7 Å². The Morgan fingerprint density at radius 1 is 1.41 bits per heavy atom. The molecule has 8 heteroatoms. The Morgan fingerprint density at radius 2 is 2.14 bits per heavy atom. The Bertz CT molecular complexity index is 639. The molecule has 1 aromatic heterocycles. The van der Waals surface area contributed by atoms with Crippen LogP contribution in [0.25, 0.3) is 0 Å². The molecule has 2 amide bonds. The smallest absolute Gasteiger partial charge is 0.323 e. The van der Waals surface area contributed by atoms with Gasteiger partial charge in [0.05, 0.1) is 11.5 Å². The van der Waals surface area contributed by atoms with Gasteiger partial charge in [0.25, 0.3) is 0 Å². The summed E-state index contributed by atoms with van der Waals surface area (Å²) >= 11 is 0. The third-order valence-electron chi connectivity index (χ3n) is 4.01. The summed E-state index contributed by atoms with van der Waals surface area (Å²) in [6.07, 6.45) is 1.44. The second-order valence-corrected chi connectivity index (χ2v) is 8.10. The van der Waals surface area contributed by atoms with E-state index in [1.54, 1.807) is 4.90 Å². The summed E-state index contributed by atoms with van der Waals surface area (Å²) < 4.78 is 25.0. The van der Waals surface area contributed by atoms with Crippen molar-refractivity contribution in [3.63, 3.8) is 0 Å². The number of amides is 2. The summed E-state index contributed by atoms with van der Waals surface area (Å²) in [5.74, 6) is 0.689. The highest BCUT2D eigenvalue weighted by molar-refractivity contribution is 7.91. The Balaban J connectivity index is 2.03. The van der Waals surface area contributed by atoms with Crippen molar-refractivity contribution in [1.82, 2.24) is 14.7 Å². The number of carbonyl (C=O) groups is 1. The molecule has 0 aromatic carbocycles. The van der Waals surface area contributed by atoms with Crippen molar-refractivity contribution < 1.29 is 13.2 Å². The molecular weight excluding hydrogens is 304 g/mol. The molecule has 1 saturated heterocycles. The molecule has 1 N–H and O–H groups in total. The van der Waals surface area contributed by atoms with Crippen molar-refractivity contribution in [3.8, 4) is 0 Å². The first-order valence-corrected chi connectivity index (χ1v) is 9.47. The maximum absolute atomic E-state index is 12.3. The summed E-state index contributed by atoms with van der Waals surface area (Å²) in [6.45, 7) is 6.80. The van der Waals surface area contributed by atoms with E-state index in [9.17, 15) is 13.2 Å². The van der Waals surface area contributed by atoms with Crippen LogP contribution in [-0.4, -0.2) is 53.7 Å². The fraction of sp³-hybridized carbons (Fsp3) is 0.714. The lowest BCUT2D eigenvalue weighted by molar-refractivity contribution is 0.215. The van der Waals surface area contributed by atoms with Crippen LogP contribution in [0.15, 0.2) is 6.07 Å². The SMILES string of the molecule is CCC(C)n1nc(NC(=O)N2CCCS(=O)(=O)CC2)cc1C. The number of aromatic nitrogens is 2. The van der Waals surface area contributed by atoms with Crippen LogP contribution in [0, 0.1) is 6.92 Å². The molecule has 1 aliphatic heterocycles. The summed E-state index contributed by atoms with van der Waals surface area (Å²) in [5, 5.41) is 7.17. The van der Waals surface area contributed by atoms with Crippen molar-refractivity contribution in [2.45, 2.75) is 39.7 Å². The van der Waals surface area contributed by atoms with Crippen molar-refractivity contribution in [1.29, 1.82) is 0 Å². The second-order valence-electron chi connectivity index (χ2n) is 5.80. The van der Waals surface area contributed by atoms with Gasteiger partial charge in [-0.05, 0) is 26.7 Å². The molecular formula is C14H24N4O3S. The Kier molecular flexibility index (Phi) is 5.10. The highest BCUT2D eigenvalue weighted by Crippen LogP contribution is 2.17. The van der Waals surface area contributed by atoms with Crippen LogP contribution in [0.5, 0.6) is 0 Å². The minimum Gasteiger partial charge on any atom is -0.323 e. The number of carbonyl (C=O) groups excluding carboxylic acids is 1. The predicted octanol–water partition coefficient (Wildman–Crippen LogP) is 1.81. The van der Waals surface area contributed by atoms with Crippen LogP contribution in [0.1, 0.15) is 38.4 Å². The zero-order valence-electron chi connectivity index (χ0n) is 13.4. The molecule has 0 aliphatic carbocycles. The zero-order chi connectivity index (χ0) is 16.3. The van der Waals surface area contributed by atoms with Gasteiger partial charge in [0, 0.05) is 30.9 Å². The van der Waals surface area contributed by atoms with Crippen LogP contribution in [-0.2, 0) is 9.84 Å². The zero-order valence-corrected chi connectivity index (χ0v) is 14.2. The number of hydrogen-bond acceptors (Lipinski definition) is 4. The predicted molar refractivity (Wildman–Crippen MR) is 85.8 cm³/mol. The van der Waals surface area contributed by atoms with Gasteiger partial charge >= 0.3 is 6.03 Å². The minimum absolute atomic E-state index is 0.0285. The lowest BCUT2D eigenvalue weighted by Gasteiger charge is -2.19. The number of rotatable bonds is 3. The van der Waals surface area contributed by atoms with Gasteiger partial charge in [-0.2, -0.15) is 5.10 Å². The first-order valence-electron chi connectivity index (χ1n) is 7.65. The van der Waals surface area contributed by atoms with E-state index in [2.05, 4.69) is 24.3 Å². The average molecular weight is 328 g/mol. The number of nitrogens with one attached hydrogen (secondary N) is 1. The van der Waals surface area contributed by atoms with E-state index in [0.29, 0.717) is 18.8 Å². The molecule has 124 valence electrons. The first kappa shape index (κ1) is 16.8. The molecule has 1 unspecified atom stereocenters. The van der Waals surface area contributed by atoms with Gasteiger partial charge in [-0.25, -0.2) is 13.2 Å². The molecule has 0 radical (unpaired) electrons. The van der Waals surface area contributed by atoms with E-state index < -0.39 is 9.84 Å². The number of aryl methyl sites for hydroxylation is 1. The number of sulfone groups is 1. The number of hydrogen-bond donors (Lipinski definition) is 1. The highest BCUT2D eigenvalue weighted by atomic mass is 32.2. The molecule has 2 rings (SSSR count). The average Bonchev–Trinajstić information content (AvgIpc) is 2.70. The lowest BCUT2D eigenvalue weighted by Crippen LogP contribution is -2.37. The summed E-state index contributed by atoms with van der Waals surface area (Å²) in [6, 6.07) is 1.82. The maximum Gasteiger partial charge on any atom is 0.323 e. The van der Waals surface area contributed by atoms with E-state index >= 15 is 0 Å². The fourth-order valence-electron chi connectivity index (χ4n) is 2.50. The lowest BCUT2D eigenvalue weighted by atomic mass is 10.2. The third kappa shape index (κ3) is 4.00. The van der Waals surface area contributed by atoms with Crippen molar-refractivity contribution >= 4 is 21.7 Å². The summed E-state index contributed by atoms with van der Waals surface area (Å²) in [4.78, 5) is 13.8. The van der Waals surface area contributed by atoms with Crippen LogP contribution in [0.2, 0.25) is 0 Å². The fourth-order valence-corrected chi connectivity index (χ4v) is 3.77. The van der Waals surface area contributed by atoms with Crippen LogP contribution < -0.4 is 5.32 Å². The molecule has 7 nitrogen and oxygen atoms in total. The first-order chi connectivity index (χ1) is 10.3. The van der Waals surface area contributed by atoms with E-state index in [4.69, 9.17) is 0 Å². The van der Waals surface area contributed by atoms with Crippen molar-refractivity contribution in [2.75, 3.05) is 29.9 Å². The van der Waals surface area contributed by atoms with E-state index in [1.807, 2.05) is 17.7 Å². The number of anilines is 1. The molecule has 2 heterocycles. The number of urea groups is 1. The third-order valence-corrected chi connectivity index (χ3v) is 5.72. The molecule has 0 spiro atoms. The topological polar surface area (TPSA) is 84.3 Å². The molecule has 1 aliphatic rings. The molecule has 0 bridgehead atoms. The van der Waals surface area contributed by atoms with Crippen molar-refractivity contribution in [3.05, 3.63) is 11.8 Å². The molecule has 0 saturated carbocycles. The molecule has 1 atom stereocenters. The Labute approximate surface area is 131 Å². The largest absolute Gasteiger partial charge is 0.323 e. The van der Waals surface area contributed by atoms with Crippen LogP contribution in [0.4, 0.5) is 10.6 Å². The molecule has 1 aromatic rings. The Morgan fingerprint density at radius 3 is 2.82 bits per heavy atom. The van der Waals surface area contributed by atoms with E-state index in [-0.39, 0.29) is 30.1 Å². The normalized spacial score (nSPS) is 19.5. The monoisotopic (exact) mass is 328 g/mol. The molecule has 22 heavy (non-hydrogen) atoms. The maximum atomic E-state index is 12.3. The minimum atomic E-state index is -3.02. The standard InChI is InChI=1S/C14H24N4O3S/c1-4-11(2)18-12(3)10-13(16-18)15-14(19)17-6-5-8-22(20,21)9-7-17/h10-11H,4-9H2,1-3H3,(H,15,16,19). The van der Waals surface area contributed by atoms with Crippen molar-refractivity contribution in [2.24, 2.45) is 0 Å². The van der Waals surface area contributed by atoms with E-state index in [0.717, 1.165) is 12.1 Å². The summed E-state index contributed by atoms with van der Waals surface area (Å²) in [5.41, 5.74) is 0.989. The van der Waals surface area contributed by atoms with Gasteiger partial charge < -0.3 is 4.90 Å². The van der Waals surface area contributed by atoms with Gasteiger partial charge in [0.1, 0.15) is 0 Å². The van der Waals surface area contributed by atoms with Crippen LogP contribution in [0.3, 0.4) is 0 Å². The quantitative estimate of drug-likeness (QED) is 0.917. The van der Waals surface area contributed by atoms with Gasteiger partial charge in [-0.1, -0.05) is 6.92 Å². The van der Waals surface area contributed by atoms with Crippen LogP contribution >= 0.6 is 0 Å². The Hall–Kier alpha value is -1.57. The molecule has 1 fully saturated rings. The summed E-state index contributed by atoms with van der Waals surface area (Å²) in [7, 11) is -3.02. The second kappa shape index (κ2) is 6.68. The highest BCUT2D eigenvalue weighted by Gasteiger charge is 2.23. The van der Waals surface area contributed by atoms with Gasteiger partial charge in [-0.3, -0.25) is 10.00 Å². The van der Waals surface area contributed by atoms with Gasteiger partial charge in [0.2, 0.25) is 0 Å². The number of nitrogens with zero attached hydrogens (tertiary/aromatic N) is 3. The van der Waals surface area contributed by atoms with E-state index in [1.165, 1.54) is 0 Å². The van der Waals surface area contributed by atoms with Gasteiger partial charge in [-0.15, -0.1) is 0 Å².